The zero-order valence-corrected chi connectivity index (χ0v) is 17.1. The maximum Gasteiger partial charge on any atom is 0.572 e. The molecule has 0 spiro atoms. The summed E-state index contributed by atoms with van der Waals surface area (Å²) in [5.74, 6) is -1.31. The first kappa shape index (κ1) is 22.4. The maximum absolute atomic E-state index is 14.2. The standard InChI is InChI=1S/C20H27F4N3O3/c1-12-3-5-16(11-26(12)13(2)28)27(15-6-7-15)19(29)25-10-14-4-8-17(9-18(14)21)30-20(22,23)24/h9,12,15-16H,3-8,10-11H2,1-2H3,(H,25,29)/t12?,16-/m1/s1. The van der Waals surface area contributed by atoms with E-state index in [-0.39, 0.29) is 55.0 Å². The summed E-state index contributed by atoms with van der Waals surface area (Å²) in [5.41, 5.74) is 0.233. The number of urea groups is 1. The van der Waals surface area contributed by atoms with Gasteiger partial charge in [0, 0.05) is 44.6 Å². The number of rotatable bonds is 5. The van der Waals surface area contributed by atoms with Crippen LogP contribution in [0.15, 0.2) is 23.2 Å². The lowest BCUT2D eigenvalue weighted by Crippen LogP contribution is -2.56. The molecule has 2 aliphatic carbocycles. The van der Waals surface area contributed by atoms with Crippen LogP contribution in [-0.4, -0.2) is 59.3 Å². The molecule has 2 atom stereocenters. The quantitative estimate of drug-likeness (QED) is 0.667. The number of ether oxygens (including phenoxy) is 1. The van der Waals surface area contributed by atoms with Crippen molar-refractivity contribution in [2.75, 3.05) is 13.1 Å². The van der Waals surface area contributed by atoms with Crippen molar-refractivity contribution in [3.05, 3.63) is 23.2 Å². The number of nitrogens with one attached hydrogen (secondary N) is 1. The molecule has 3 aliphatic rings. The number of allylic oxidation sites excluding steroid dienone is 3. The van der Waals surface area contributed by atoms with Gasteiger partial charge in [-0.1, -0.05) is 0 Å². The number of carbonyl (C=O) groups excluding carboxylic acids is 2. The molecule has 1 heterocycles. The Labute approximate surface area is 172 Å². The number of alkyl halides is 3. The van der Waals surface area contributed by atoms with Crippen molar-refractivity contribution in [2.24, 2.45) is 0 Å². The van der Waals surface area contributed by atoms with Crippen LogP contribution in [0.4, 0.5) is 22.4 Å². The van der Waals surface area contributed by atoms with Crippen molar-refractivity contribution < 1.29 is 31.9 Å². The second-order valence-corrected chi connectivity index (χ2v) is 8.16. The Kier molecular flexibility index (Phi) is 6.62. The molecule has 0 radical (unpaired) electrons. The molecule has 1 N–H and O–H groups in total. The van der Waals surface area contributed by atoms with Crippen LogP contribution in [0.3, 0.4) is 0 Å². The molecule has 0 aromatic heterocycles. The average Bonchev–Trinajstić information content (AvgIpc) is 3.46. The van der Waals surface area contributed by atoms with Gasteiger partial charge in [0.25, 0.3) is 0 Å². The van der Waals surface area contributed by atoms with Crippen molar-refractivity contribution in [1.29, 1.82) is 0 Å². The molecule has 2 fully saturated rings. The molecular weight excluding hydrogens is 406 g/mol. The van der Waals surface area contributed by atoms with E-state index < -0.39 is 17.9 Å². The molecule has 0 aromatic carbocycles. The van der Waals surface area contributed by atoms with E-state index in [1.54, 1.807) is 9.80 Å². The van der Waals surface area contributed by atoms with Crippen LogP contribution in [0.5, 0.6) is 0 Å². The summed E-state index contributed by atoms with van der Waals surface area (Å²) < 4.78 is 54.8. The van der Waals surface area contributed by atoms with Crippen LogP contribution in [-0.2, 0) is 9.53 Å². The van der Waals surface area contributed by atoms with E-state index in [0.29, 0.717) is 6.54 Å². The Bertz CT molecular complexity index is 746. The first-order valence-corrected chi connectivity index (χ1v) is 10.2. The van der Waals surface area contributed by atoms with Crippen molar-refractivity contribution >= 4 is 11.9 Å². The van der Waals surface area contributed by atoms with Gasteiger partial charge < -0.3 is 19.9 Å². The molecule has 30 heavy (non-hydrogen) atoms. The number of carbonyl (C=O) groups is 2. The zero-order chi connectivity index (χ0) is 22.1. The monoisotopic (exact) mass is 433 g/mol. The van der Waals surface area contributed by atoms with Gasteiger partial charge in [-0.25, -0.2) is 9.18 Å². The van der Waals surface area contributed by atoms with Gasteiger partial charge in [0.05, 0.1) is 6.04 Å². The normalized spacial score (nSPS) is 25.0. The maximum atomic E-state index is 14.2. The fourth-order valence-corrected chi connectivity index (χ4v) is 4.12. The number of hydrogen-bond donors (Lipinski definition) is 1. The highest BCUT2D eigenvalue weighted by molar-refractivity contribution is 5.76. The largest absolute Gasteiger partial charge is 0.572 e. The minimum absolute atomic E-state index is 0.0264. The molecule has 1 saturated carbocycles. The summed E-state index contributed by atoms with van der Waals surface area (Å²) in [6.07, 6.45) is -0.817. The van der Waals surface area contributed by atoms with E-state index >= 15 is 0 Å². The number of halogens is 4. The van der Waals surface area contributed by atoms with Crippen LogP contribution in [0.2, 0.25) is 0 Å². The SMILES string of the molecule is CC(=O)N1C[C@H](N(C(=O)NCC2=C(F)C=C(OC(F)(F)F)CC2)C2CC2)CCC1C. The van der Waals surface area contributed by atoms with Gasteiger partial charge in [0.1, 0.15) is 11.6 Å². The van der Waals surface area contributed by atoms with E-state index in [1.165, 1.54) is 6.92 Å². The first-order chi connectivity index (χ1) is 14.0. The third kappa shape index (κ3) is 5.66. The lowest BCUT2D eigenvalue weighted by molar-refractivity contribution is -0.306. The van der Waals surface area contributed by atoms with Crippen LogP contribution in [0.1, 0.15) is 52.4 Å². The Morgan fingerprint density at radius 2 is 1.87 bits per heavy atom. The number of hydrogen-bond acceptors (Lipinski definition) is 3. The average molecular weight is 433 g/mol. The first-order valence-electron chi connectivity index (χ1n) is 10.2. The second-order valence-electron chi connectivity index (χ2n) is 8.16. The molecular formula is C20H27F4N3O3. The molecule has 0 aromatic rings. The van der Waals surface area contributed by atoms with E-state index in [9.17, 15) is 27.2 Å². The fourth-order valence-electron chi connectivity index (χ4n) is 4.12. The summed E-state index contributed by atoms with van der Waals surface area (Å²) in [6, 6.07) is -0.199. The Balaban J connectivity index is 1.61. The Hall–Kier alpha value is -2.26. The van der Waals surface area contributed by atoms with Gasteiger partial charge in [-0.3, -0.25) is 4.79 Å². The molecule has 10 heteroatoms. The molecule has 1 unspecified atom stereocenters. The lowest BCUT2D eigenvalue weighted by atomic mass is 9.98. The smallest absolute Gasteiger partial charge is 0.410 e. The van der Waals surface area contributed by atoms with Crippen LogP contribution >= 0.6 is 0 Å². The Morgan fingerprint density at radius 1 is 1.20 bits per heavy atom. The van der Waals surface area contributed by atoms with E-state index in [1.807, 2.05) is 6.92 Å². The summed E-state index contributed by atoms with van der Waals surface area (Å²) in [7, 11) is 0. The predicted octanol–water partition coefficient (Wildman–Crippen LogP) is 4.00. The highest BCUT2D eigenvalue weighted by Gasteiger charge is 2.41. The van der Waals surface area contributed by atoms with Crippen molar-refractivity contribution in [1.82, 2.24) is 15.1 Å². The number of likely N-dealkylation sites (tertiary alicyclic amines) is 1. The molecule has 3 amide bonds. The van der Waals surface area contributed by atoms with Crippen molar-refractivity contribution in [3.63, 3.8) is 0 Å². The summed E-state index contributed by atoms with van der Waals surface area (Å²) in [6.45, 7) is 3.90. The molecule has 168 valence electrons. The van der Waals surface area contributed by atoms with E-state index in [2.05, 4.69) is 10.1 Å². The van der Waals surface area contributed by atoms with Gasteiger partial charge in [0.15, 0.2) is 0 Å². The highest BCUT2D eigenvalue weighted by atomic mass is 19.4. The lowest BCUT2D eigenvalue weighted by Gasteiger charge is -2.42. The molecule has 1 aliphatic heterocycles. The van der Waals surface area contributed by atoms with Gasteiger partial charge >= 0.3 is 12.4 Å². The van der Waals surface area contributed by atoms with Gasteiger partial charge in [-0.2, -0.15) is 0 Å². The molecule has 3 rings (SSSR count). The summed E-state index contributed by atoms with van der Waals surface area (Å²) >= 11 is 0. The third-order valence-electron chi connectivity index (χ3n) is 5.83. The number of amides is 3. The summed E-state index contributed by atoms with van der Waals surface area (Å²) in [4.78, 5) is 28.3. The van der Waals surface area contributed by atoms with Crippen LogP contribution in [0.25, 0.3) is 0 Å². The highest BCUT2D eigenvalue weighted by Crippen LogP contribution is 2.33. The van der Waals surface area contributed by atoms with Gasteiger partial charge in [-0.05, 0) is 44.6 Å². The number of piperidine rings is 1. The third-order valence-corrected chi connectivity index (χ3v) is 5.83. The molecule has 1 saturated heterocycles. The van der Waals surface area contributed by atoms with Crippen LogP contribution < -0.4 is 5.32 Å². The fraction of sp³-hybridized carbons (Fsp3) is 0.700. The topological polar surface area (TPSA) is 61.9 Å². The minimum Gasteiger partial charge on any atom is -0.410 e. The second kappa shape index (κ2) is 8.85. The van der Waals surface area contributed by atoms with Crippen molar-refractivity contribution in [2.45, 2.75) is 76.9 Å². The predicted molar refractivity (Wildman–Crippen MR) is 101 cm³/mol. The van der Waals surface area contributed by atoms with Gasteiger partial charge in [0.2, 0.25) is 5.91 Å². The molecule has 0 bridgehead atoms. The van der Waals surface area contributed by atoms with E-state index in [0.717, 1.165) is 31.8 Å². The Morgan fingerprint density at radius 3 is 2.43 bits per heavy atom. The summed E-state index contributed by atoms with van der Waals surface area (Å²) in [5, 5.41) is 2.71. The van der Waals surface area contributed by atoms with E-state index in [4.69, 9.17) is 0 Å². The zero-order valence-electron chi connectivity index (χ0n) is 17.1. The molecule has 6 nitrogen and oxygen atoms in total. The minimum atomic E-state index is -4.85. The number of nitrogens with zero attached hydrogens (tertiary/aromatic N) is 2. The van der Waals surface area contributed by atoms with Crippen molar-refractivity contribution in [3.8, 4) is 0 Å². The van der Waals surface area contributed by atoms with Crippen LogP contribution in [0, 0.1) is 0 Å². The van der Waals surface area contributed by atoms with Gasteiger partial charge in [-0.15, -0.1) is 13.2 Å².